The van der Waals surface area contributed by atoms with E-state index in [0.29, 0.717) is 65.8 Å². The smallest absolute Gasteiger partial charge is 0.407 e. The van der Waals surface area contributed by atoms with Gasteiger partial charge in [-0.25, -0.2) is 23.9 Å². The van der Waals surface area contributed by atoms with E-state index in [-0.39, 0.29) is 41.8 Å². The highest BCUT2D eigenvalue weighted by Gasteiger charge is 2.40. The number of ether oxygens (including phenoxy) is 4. The van der Waals surface area contributed by atoms with Crippen molar-refractivity contribution in [2.24, 2.45) is 11.8 Å². The van der Waals surface area contributed by atoms with Crippen LogP contribution in [0.5, 0.6) is 11.5 Å². The molecule has 2 saturated heterocycles. The average molecular weight is 984 g/mol. The lowest BCUT2D eigenvalue weighted by Gasteiger charge is -2.31. The lowest BCUT2D eigenvalue weighted by molar-refractivity contribution is -0.136. The van der Waals surface area contributed by atoms with E-state index in [1.165, 1.54) is 20.3 Å². The van der Waals surface area contributed by atoms with Crippen LogP contribution in [0.1, 0.15) is 115 Å². The molecule has 378 valence electrons. The summed E-state index contributed by atoms with van der Waals surface area (Å²) in [5, 5.41) is 6.25. The molecule has 17 nitrogen and oxygen atoms in total. The molecule has 6 aromatic rings. The predicted molar refractivity (Wildman–Crippen MR) is 266 cm³/mol. The number of rotatable bonds is 13. The zero-order valence-corrected chi connectivity index (χ0v) is 41.5. The van der Waals surface area contributed by atoms with Gasteiger partial charge in [0.25, 0.3) is 0 Å². The van der Waals surface area contributed by atoms with E-state index in [1.807, 2.05) is 86.9 Å². The van der Waals surface area contributed by atoms with E-state index in [0.717, 1.165) is 72.0 Å². The summed E-state index contributed by atoms with van der Waals surface area (Å²) >= 11 is 0. The minimum atomic E-state index is -0.780. The molecule has 4 amide bonds. The third-order valence-corrected chi connectivity index (χ3v) is 14.7. The van der Waals surface area contributed by atoms with Gasteiger partial charge in [-0.05, 0) is 106 Å². The van der Waals surface area contributed by atoms with Crippen molar-refractivity contribution in [1.29, 1.82) is 0 Å². The second-order valence-electron chi connectivity index (χ2n) is 20.0. The number of carbonyl (C=O) groups is 4. The number of alkyl carbamates (subject to hydrolysis) is 2. The molecular weight excluding hydrogens is 922 g/mol. The number of methoxy groups -OCH3 is 2. The summed E-state index contributed by atoms with van der Waals surface area (Å²) in [6, 6.07) is 17.1. The predicted octanol–water partition coefficient (Wildman–Crippen LogP) is 9.58. The Labute approximate surface area is 417 Å². The fourth-order valence-electron chi connectivity index (χ4n) is 10.9. The number of aromatic nitrogens is 5. The van der Waals surface area contributed by atoms with Gasteiger partial charge < -0.3 is 53.9 Å². The molecule has 3 aromatic carbocycles. The topological polar surface area (TPSA) is 198 Å². The fraction of sp³-hybridized carbons (Fsp3) is 0.444. The SMILES string of the molecule is COC(=O)N[C@H](C(=O)N1CCC[C@H]1c1ncc(-c2cc(F)c3c(c2)OC(c2cccc(OC4CCCC4)c2)n2c-3cc3cc(-c4cnc([C@@H]5CCCN5C(=O)[C@@H](NC(=O)OC)C(C)C)[nH]4)ccc32)[nH]1)C(C)C. The van der Waals surface area contributed by atoms with Crippen LogP contribution < -0.4 is 20.1 Å². The molecule has 1 saturated carbocycles. The second-order valence-corrected chi connectivity index (χ2v) is 20.0. The molecule has 4 N–H and O–H groups in total. The van der Waals surface area contributed by atoms with Crippen LogP contribution in [-0.2, 0) is 19.1 Å². The Morgan fingerprint density at radius 1 is 0.722 bits per heavy atom. The first kappa shape index (κ1) is 48.3. The maximum Gasteiger partial charge on any atom is 0.407 e. The number of imidazole rings is 2. The molecule has 1 unspecified atom stereocenters. The third-order valence-electron chi connectivity index (χ3n) is 14.7. The van der Waals surface area contributed by atoms with Crippen molar-refractivity contribution in [1.82, 2.24) is 44.9 Å². The van der Waals surface area contributed by atoms with Gasteiger partial charge in [0, 0.05) is 35.2 Å². The van der Waals surface area contributed by atoms with E-state index < -0.39 is 36.3 Å². The maximum absolute atomic E-state index is 17.1. The Bertz CT molecular complexity index is 3010. The van der Waals surface area contributed by atoms with Crippen molar-refractivity contribution in [3.05, 3.63) is 96.1 Å². The van der Waals surface area contributed by atoms with Gasteiger partial charge in [0.2, 0.25) is 18.0 Å². The number of fused-ring (bicyclic) bond motifs is 5. The number of nitrogens with zero attached hydrogens (tertiary/aromatic N) is 5. The Balaban J connectivity index is 0.981. The molecule has 1 aliphatic carbocycles. The summed E-state index contributed by atoms with van der Waals surface area (Å²) in [5.41, 5.74) is 5.30. The molecule has 5 atom stereocenters. The molecule has 6 heterocycles. The number of likely N-dealkylation sites (tertiary alicyclic amines) is 2. The minimum absolute atomic E-state index is 0.147. The lowest BCUT2D eigenvalue weighted by atomic mass is 10.0. The van der Waals surface area contributed by atoms with E-state index >= 15 is 4.39 Å². The maximum atomic E-state index is 17.1. The lowest BCUT2D eigenvalue weighted by Crippen LogP contribution is -2.51. The average Bonchev–Trinajstić information content (AvgIpc) is 4.24. The quantitative estimate of drug-likeness (QED) is 0.0865. The third kappa shape index (κ3) is 9.22. The van der Waals surface area contributed by atoms with Crippen molar-refractivity contribution in [2.45, 2.75) is 116 Å². The van der Waals surface area contributed by atoms with Gasteiger partial charge in [-0.15, -0.1) is 0 Å². The normalized spacial score (nSPS) is 19.5. The molecule has 0 radical (unpaired) electrons. The summed E-state index contributed by atoms with van der Waals surface area (Å²) in [4.78, 5) is 72.0. The highest BCUT2D eigenvalue weighted by molar-refractivity contribution is 5.93. The van der Waals surface area contributed by atoms with Gasteiger partial charge in [-0.2, -0.15) is 0 Å². The molecule has 18 heteroatoms. The summed E-state index contributed by atoms with van der Waals surface area (Å²) in [7, 11) is 2.55. The number of hydrogen-bond acceptors (Lipinski definition) is 10. The number of carbonyl (C=O) groups excluding carboxylic acids is 4. The van der Waals surface area contributed by atoms with Crippen LogP contribution in [-0.4, -0.2) is 104 Å². The highest BCUT2D eigenvalue weighted by Crippen LogP contribution is 2.48. The summed E-state index contributed by atoms with van der Waals surface area (Å²) in [6.07, 6.45) is 8.75. The standard InChI is InChI=1S/C54H62FN9O8/c1-29(2)46(60-53(67)69-5)50(65)62-20-10-16-41(62)48-56-27-38(58-48)31-18-19-40-34(22-31)25-43-45-37(55)24-33(26-44(45)72-52(64(40)43)32-12-9-15-36(23-32)71-35-13-7-8-14-35)39-28-57-49(59-39)42-17-11-21-63(42)51(66)47(30(3)4)61-54(68)70-6/h9,12,15,18-19,22-30,35,41-42,46-47,52H,7-8,10-11,13-14,16-17,20-21H2,1-6H3,(H,56,58)(H,57,59)(H,60,67)(H,61,68)/t41-,42-,46-,47-,52?/m0/s1. The Morgan fingerprint density at radius 3 is 1.90 bits per heavy atom. The van der Waals surface area contributed by atoms with Crippen LogP contribution in [0, 0.1) is 17.7 Å². The molecule has 3 fully saturated rings. The first-order valence-corrected chi connectivity index (χ1v) is 25.1. The van der Waals surface area contributed by atoms with Crippen LogP contribution in [0.2, 0.25) is 0 Å². The highest BCUT2D eigenvalue weighted by atomic mass is 19.1. The van der Waals surface area contributed by atoms with Crippen LogP contribution in [0.4, 0.5) is 14.0 Å². The first-order valence-electron chi connectivity index (χ1n) is 25.1. The molecule has 3 aromatic heterocycles. The summed E-state index contributed by atoms with van der Waals surface area (Å²) in [6.45, 7) is 8.55. The number of hydrogen-bond donors (Lipinski definition) is 4. The number of aromatic amines is 2. The number of benzene rings is 3. The van der Waals surface area contributed by atoms with Crippen molar-refractivity contribution in [2.75, 3.05) is 27.3 Å². The molecule has 4 aliphatic rings. The van der Waals surface area contributed by atoms with Gasteiger partial charge in [-0.3, -0.25) is 9.59 Å². The van der Waals surface area contributed by atoms with Gasteiger partial charge in [-0.1, -0.05) is 45.9 Å². The second kappa shape index (κ2) is 20.0. The van der Waals surface area contributed by atoms with Crippen LogP contribution in [0.3, 0.4) is 0 Å². The van der Waals surface area contributed by atoms with Gasteiger partial charge >= 0.3 is 12.2 Å². The van der Waals surface area contributed by atoms with E-state index in [4.69, 9.17) is 28.9 Å². The molecule has 72 heavy (non-hydrogen) atoms. The zero-order valence-electron chi connectivity index (χ0n) is 41.5. The van der Waals surface area contributed by atoms with E-state index in [1.54, 1.807) is 22.2 Å². The molecule has 10 rings (SSSR count). The molecule has 0 bridgehead atoms. The van der Waals surface area contributed by atoms with E-state index in [2.05, 4.69) is 20.6 Å². The largest absolute Gasteiger partial charge is 0.490 e. The van der Waals surface area contributed by atoms with E-state index in [9.17, 15) is 19.2 Å². The first-order chi connectivity index (χ1) is 34.8. The Hall–Kier alpha value is -7.37. The Morgan fingerprint density at radius 2 is 1.32 bits per heavy atom. The summed E-state index contributed by atoms with van der Waals surface area (Å²) in [5.74, 6) is 1.08. The van der Waals surface area contributed by atoms with Crippen LogP contribution in [0.15, 0.2) is 73.1 Å². The Kier molecular flexibility index (Phi) is 13.4. The number of amides is 4. The molecular formula is C54H62FN9O8. The van der Waals surface area contributed by atoms with Gasteiger partial charge in [0.15, 0.2) is 0 Å². The van der Waals surface area contributed by atoms with Crippen molar-refractivity contribution >= 4 is 34.9 Å². The minimum Gasteiger partial charge on any atom is -0.490 e. The zero-order chi connectivity index (χ0) is 50.4. The van der Waals surface area contributed by atoms with Crippen LogP contribution >= 0.6 is 0 Å². The van der Waals surface area contributed by atoms with Gasteiger partial charge in [0.05, 0.1) is 73.0 Å². The van der Waals surface area contributed by atoms with Gasteiger partial charge in [0.1, 0.15) is 41.0 Å². The number of halogens is 1. The van der Waals surface area contributed by atoms with Crippen molar-refractivity contribution in [3.8, 4) is 45.3 Å². The van der Waals surface area contributed by atoms with Crippen molar-refractivity contribution < 1.29 is 42.5 Å². The molecule has 0 spiro atoms. The van der Waals surface area contributed by atoms with Crippen molar-refractivity contribution in [3.63, 3.8) is 0 Å². The number of H-pyrrole nitrogens is 2. The number of nitrogens with one attached hydrogen (secondary N) is 4. The van der Waals surface area contributed by atoms with Crippen LogP contribution in [0.25, 0.3) is 44.7 Å². The molecule has 3 aliphatic heterocycles. The fourth-order valence-corrected chi connectivity index (χ4v) is 10.9. The summed E-state index contributed by atoms with van der Waals surface area (Å²) < 4.78 is 42.1. The monoisotopic (exact) mass is 983 g/mol.